The molecule has 1 aliphatic rings. The molecule has 0 radical (unpaired) electrons. The average Bonchev–Trinajstić information content (AvgIpc) is 2.41. The molecule has 0 aromatic heterocycles. The van der Waals surface area contributed by atoms with Crippen molar-refractivity contribution in [3.05, 3.63) is 0 Å². The third kappa shape index (κ3) is 7.58. The molecule has 1 rings (SSSR count). The first-order valence-corrected chi connectivity index (χ1v) is 14.0. The summed E-state index contributed by atoms with van der Waals surface area (Å²) in [4.78, 5) is 17.1. The van der Waals surface area contributed by atoms with Crippen molar-refractivity contribution in [3.63, 3.8) is 0 Å². The van der Waals surface area contributed by atoms with Crippen molar-refractivity contribution >= 4 is 16.9 Å². The van der Waals surface area contributed by atoms with Crippen LogP contribution in [0.3, 0.4) is 0 Å². The predicted molar refractivity (Wildman–Crippen MR) is 84.6 cm³/mol. The van der Waals surface area contributed by atoms with Gasteiger partial charge in [-0.2, -0.15) is 0 Å². The number of amides is 1. The quantitative estimate of drug-likeness (QED) is 0.181. The molecule has 0 aromatic carbocycles. The topological polar surface area (TPSA) is 89.6 Å². The van der Waals surface area contributed by atoms with Gasteiger partial charge in [0.1, 0.15) is 0 Å². The van der Waals surface area contributed by atoms with Crippen molar-refractivity contribution in [2.45, 2.75) is 25.7 Å². The van der Waals surface area contributed by atoms with Crippen molar-refractivity contribution in [1.29, 1.82) is 0 Å². The monoisotopic (exact) mass is 486 g/mol. The van der Waals surface area contributed by atoms with Gasteiger partial charge >= 0.3 is 127 Å². The Morgan fingerprint density at radius 3 is 2.29 bits per heavy atom. The number of hydrogen-bond acceptors (Lipinski definition) is 2. The summed E-state index contributed by atoms with van der Waals surface area (Å²) in [6.07, 6.45) is 3.64. The van der Waals surface area contributed by atoms with Gasteiger partial charge in [0.05, 0.1) is 0 Å². The summed E-state index contributed by atoms with van der Waals surface area (Å²) < 4.78 is 2.59. The van der Waals surface area contributed by atoms with Crippen molar-refractivity contribution in [1.82, 2.24) is 9.57 Å². The molecule has 0 saturated carbocycles. The van der Waals surface area contributed by atoms with Crippen LogP contribution in [0.2, 0.25) is 0 Å². The molecule has 1 amide bonds. The van der Waals surface area contributed by atoms with E-state index in [9.17, 15) is 4.79 Å². The van der Waals surface area contributed by atoms with E-state index >= 15 is 0 Å². The van der Waals surface area contributed by atoms with Gasteiger partial charge in [-0.05, 0) is 0 Å². The molecule has 1 saturated heterocycles. The van der Waals surface area contributed by atoms with Gasteiger partial charge in [-0.25, -0.2) is 0 Å². The number of carbonyl (C=O) groups excluding carboxylic acids is 1. The van der Waals surface area contributed by atoms with E-state index in [4.69, 9.17) is 11.5 Å². The average molecular weight is 486 g/mol. The number of piperazine rings is 1. The predicted octanol–water partition coefficient (Wildman–Crippen LogP) is -1.30. The molecule has 5 N–H and O–H groups in total. The number of nitrogens with one attached hydrogen (secondary N) is 1. The molecular weight excluding hydrogens is 457 g/mol. The summed E-state index contributed by atoms with van der Waals surface area (Å²) in [5, 5.41) is -0.841. The summed E-state index contributed by atoms with van der Waals surface area (Å²) in [5.74, 6) is 0.583. The molecule has 1 heterocycles. The van der Waals surface area contributed by atoms with E-state index in [0.29, 0.717) is 12.3 Å². The Balaban J connectivity index is 2.17. The summed E-state index contributed by atoms with van der Waals surface area (Å²) in [7, 11) is 0. The minimum atomic E-state index is -0.841. The molecule has 0 atom stereocenters. The molecule has 21 heavy (non-hydrogen) atoms. The van der Waals surface area contributed by atoms with E-state index in [1.165, 1.54) is 0 Å². The molecule has 1 fully saturated rings. The Bertz CT molecular complexity index is 411. The van der Waals surface area contributed by atoms with Crippen molar-refractivity contribution in [2.75, 3.05) is 46.1 Å². The first-order chi connectivity index (χ1) is 9.80. The number of rotatable bonds is 7. The molecule has 0 unspecified atom stereocenters. The third-order valence-electron chi connectivity index (χ3n) is 3.69. The van der Waals surface area contributed by atoms with Gasteiger partial charge in [-0.1, -0.05) is 0 Å². The minimum absolute atomic E-state index is 0.271. The number of nitrogens with zero attached hydrogens (tertiary/aromatic N) is 2. The van der Waals surface area contributed by atoms with E-state index in [2.05, 4.69) is 23.0 Å². The zero-order valence-electron chi connectivity index (χ0n) is 13.2. The molecule has 0 bridgehead atoms. The molecule has 122 valence electrons. The Morgan fingerprint density at radius 1 is 1.14 bits per heavy atom. The van der Waals surface area contributed by atoms with Crippen LogP contribution in [0.5, 0.6) is 0 Å². The Kier molecular flexibility index (Phi) is 8.15. The number of nitrogens with two attached hydrogens (primary N) is 2. The first-order valence-electron chi connectivity index (χ1n) is 7.50. The van der Waals surface area contributed by atoms with Gasteiger partial charge in [0.15, 0.2) is 0 Å². The summed E-state index contributed by atoms with van der Waals surface area (Å²) in [5.41, 5.74) is 10.6. The molecule has 8 heteroatoms. The Hall–Kier alpha value is -0.182. The van der Waals surface area contributed by atoms with Gasteiger partial charge in [0.25, 0.3) is 0 Å². The maximum absolute atomic E-state index is 12.2. The molecule has 0 aliphatic carbocycles. The number of unbranched alkanes of at least 4 members (excludes halogenated alkanes) is 2. The summed E-state index contributed by atoms with van der Waals surface area (Å²) >= 11 is 1.70. The van der Waals surface area contributed by atoms with Crippen LogP contribution >= 0.6 is 5.05 Å². The van der Waals surface area contributed by atoms with E-state index in [1.807, 2.05) is 4.90 Å². The SMILES string of the molecule is C[P](C)(=[W])N1CCN(C(=O)CCCCC[NH+]=C(N)N)CC1. The number of carbonyl (C=O) groups is 1. The van der Waals surface area contributed by atoms with Crippen molar-refractivity contribution in [3.8, 4) is 0 Å². The zero-order chi connectivity index (χ0) is 15.9. The van der Waals surface area contributed by atoms with Crippen LogP contribution in [-0.4, -0.2) is 67.5 Å². The van der Waals surface area contributed by atoms with Crippen LogP contribution in [0, 0.1) is 0 Å². The van der Waals surface area contributed by atoms with Crippen LogP contribution in [0.25, 0.3) is 0 Å². The van der Waals surface area contributed by atoms with E-state index < -0.39 is 5.05 Å². The Morgan fingerprint density at radius 2 is 1.76 bits per heavy atom. The fraction of sp³-hybridized carbons (Fsp3) is 0.846. The van der Waals surface area contributed by atoms with E-state index in [-0.39, 0.29) is 5.96 Å². The number of guanidine groups is 1. The molecular formula is C13H29N5OPW+. The summed E-state index contributed by atoms with van der Waals surface area (Å²) in [6, 6.07) is 0. The number of hydrogen-bond donors (Lipinski definition) is 3. The summed E-state index contributed by atoms with van der Waals surface area (Å²) in [6.45, 7) is 9.42. The van der Waals surface area contributed by atoms with E-state index in [1.54, 1.807) is 18.8 Å². The fourth-order valence-corrected chi connectivity index (χ4v) is 5.30. The molecule has 0 spiro atoms. The van der Waals surface area contributed by atoms with Gasteiger partial charge < -0.3 is 0 Å². The molecule has 1 aliphatic heterocycles. The van der Waals surface area contributed by atoms with Gasteiger partial charge in [-0.15, -0.1) is 0 Å². The zero-order valence-corrected chi connectivity index (χ0v) is 17.0. The van der Waals surface area contributed by atoms with Gasteiger partial charge in [0, 0.05) is 0 Å². The third-order valence-corrected chi connectivity index (χ3v) is 7.94. The van der Waals surface area contributed by atoms with Crippen LogP contribution < -0.4 is 16.5 Å². The van der Waals surface area contributed by atoms with Crippen LogP contribution in [0.15, 0.2) is 0 Å². The van der Waals surface area contributed by atoms with Gasteiger partial charge in [-0.3, -0.25) is 11.5 Å². The maximum atomic E-state index is 12.2. The van der Waals surface area contributed by atoms with Gasteiger partial charge in [0.2, 0.25) is 0 Å². The second kappa shape index (κ2) is 9.07. The van der Waals surface area contributed by atoms with Crippen molar-refractivity contribution < 1.29 is 28.6 Å². The second-order valence-electron chi connectivity index (χ2n) is 5.82. The van der Waals surface area contributed by atoms with Crippen LogP contribution in [0.4, 0.5) is 0 Å². The Labute approximate surface area is 138 Å². The normalized spacial score (nSPS) is 16.8. The van der Waals surface area contributed by atoms with Crippen LogP contribution in [-0.2, 0) is 23.6 Å². The first kappa shape index (κ1) is 18.9. The molecule has 6 nitrogen and oxygen atoms in total. The fourth-order valence-electron chi connectivity index (χ4n) is 2.40. The standard InChI is InChI=1S/C13H28N5OP.W/c1-20(2)18-10-8-17(9-11-18)12(19)6-4-3-5-7-16-13(14)15;/h3-11H2,1-2H3,(H4,14,15,16);/p+1. The van der Waals surface area contributed by atoms with E-state index in [0.717, 1.165) is 52.0 Å². The van der Waals surface area contributed by atoms with Crippen molar-refractivity contribution in [2.24, 2.45) is 11.5 Å². The molecule has 0 aromatic rings. The second-order valence-corrected chi connectivity index (χ2v) is 18.6. The van der Waals surface area contributed by atoms with Crippen LogP contribution in [0.1, 0.15) is 25.7 Å².